The molecule has 0 saturated carbocycles. The van der Waals surface area contributed by atoms with Gasteiger partial charge in [-0.1, -0.05) is 0 Å². The maximum Gasteiger partial charge on any atom is 0.203 e. The molecule has 1 aromatic carbocycles. The molecular weight excluding hydrogens is 249 g/mol. The van der Waals surface area contributed by atoms with Crippen LogP contribution >= 0.6 is 11.3 Å². The van der Waals surface area contributed by atoms with Gasteiger partial charge in [-0.15, -0.1) is 11.3 Å². The topological polar surface area (TPSA) is 17.1 Å². The number of thiophene rings is 1. The Labute approximate surface area is 99.5 Å². The van der Waals surface area contributed by atoms with Crippen LogP contribution in [0.1, 0.15) is 20.8 Å². The van der Waals surface area contributed by atoms with E-state index in [-0.39, 0.29) is 5.56 Å². The SMILES string of the molecule is Cc1ccsc1C(=O)c1cc(F)c(F)c(F)c1. The lowest BCUT2D eigenvalue weighted by Gasteiger charge is -2.02. The lowest BCUT2D eigenvalue weighted by molar-refractivity contribution is 0.104. The molecule has 0 bridgehead atoms. The average molecular weight is 256 g/mol. The summed E-state index contributed by atoms with van der Waals surface area (Å²) in [5.41, 5.74) is 0.539. The smallest absolute Gasteiger partial charge is 0.203 e. The first-order valence-corrected chi connectivity index (χ1v) is 5.62. The van der Waals surface area contributed by atoms with E-state index in [4.69, 9.17) is 0 Å². The summed E-state index contributed by atoms with van der Waals surface area (Å²) in [7, 11) is 0. The largest absolute Gasteiger partial charge is 0.288 e. The molecule has 0 aliphatic rings. The van der Waals surface area contributed by atoms with Crippen LogP contribution in [0.15, 0.2) is 23.6 Å². The van der Waals surface area contributed by atoms with E-state index in [1.807, 2.05) is 0 Å². The minimum absolute atomic E-state index is 0.188. The Hall–Kier alpha value is -1.62. The number of benzene rings is 1. The monoisotopic (exact) mass is 256 g/mol. The predicted octanol–water partition coefficient (Wildman–Crippen LogP) is 3.70. The minimum atomic E-state index is -1.57. The number of ketones is 1. The maximum absolute atomic E-state index is 13.0. The van der Waals surface area contributed by atoms with Gasteiger partial charge >= 0.3 is 0 Å². The van der Waals surface area contributed by atoms with Gasteiger partial charge in [-0.05, 0) is 36.1 Å². The highest BCUT2D eigenvalue weighted by Gasteiger charge is 2.18. The second kappa shape index (κ2) is 4.33. The molecule has 1 heterocycles. The molecule has 5 heteroatoms. The summed E-state index contributed by atoms with van der Waals surface area (Å²) in [5.74, 6) is -4.79. The molecule has 88 valence electrons. The van der Waals surface area contributed by atoms with E-state index in [0.717, 1.165) is 5.56 Å². The normalized spacial score (nSPS) is 10.6. The van der Waals surface area contributed by atoms with Gasteiger partial charge in [-0.2, -0.15) is 0 Å². The number of hydrogen-bond donors (Lipinski definition) is 0. The first kappa shape index (κ1) is 11.9. The summed E-state index contributed by atoms with van der Waals surface area (Å²) < 4.78 is 38.7. The molecule has 2 aromatic rings. The minimum Gasteiger partial charge on any atom is -0.288 e. The van der Waals surface area contributed by atoms with Crippen LogP contribution in [0.3, 0.4) is 0 Å². The van der Waals surface area contributed by atoms with E-state index in [9.17, 15) is 18.0 Å². The van der Waals surface area contributed by atoms with Crippen LogP contribution in [0.25, 0.3) is 0 Å². The van der Waals surface area contributed by atoms with Gasteiger partial charge < -0.3 is 0 Å². The zero-order valence-corrected chi connectivity index (χ0v) is 9.58. The van der Waals surface area contributed by atoms with Crippen LogP contribution in [-0.4, -0.2) is 5.78 Å². The van der Waals surface area contributed by atoms with Gasteiger partial charge in [0.2, 0.25) is 5.78 Å². The first-order valence-electron chi connectivity index (χ1n) is 4.74. The van der Waals surface area contributed by atoms with Gasteiger partial charge in [0.25, 0.3) is 0 Å². The fourth-order valence-corrected chi connectivity index (χ4v) is 2.31. The molecule has 0 aliphatic heterocycles. The number of aryl methyl sites for hydroxylation is 1. The van der Waals surface area contributed by atoms with Crippen LogP contribution in [-0.2, 0) is 0 Å². The maximum atomic E-state index is 13.0. The molecule has 0 amide bonds. The van der Waals surface area contributed by atoms with E-state index < -0.39 is 23.2 Å². The van der Waals surface area contributed by atoms with E-state index in [1.54, 1.807) is 18.4 Å². The van der Waals surface area contributed by atoms with Gasteiger partial charge in [-0.3, -0.25) is 4.79 Å². The Morgan fingerprint density at radius 3 is 2.24 bits per heavy atom. The van der Waals surface area contributed by atoms with Crippen molar-refractivity contribution in [1.82, 2.24) is 0 Å². The van der Waals surface area contributed by atoms with E-state index >= 15 is 0 Å². The summed E-state index contributed by atoms with van der Waals surface area (Å²) in [6, 6.07) is 3.15. The average Bonchev–Trinajstić information content (AvgIpc) is 2.70. The standard InChI is InChI=1S/C12H7F3OS/c1-6-2-3-17-12(6)11(16)7-4-8(13)10(15)9(14)5-7/h2-5H,1H3. The number of hydrogen-bond acceptors (Lipinski definition) is 2. The highest BCUT2D eigenvalue weighted by Crippen LogP contribution is 2.22. The third-order valence-corrected chi connectivity index (χ3v) is 3.33. The molecule has 0 unspecified atom stereocenters. The quantitative estimate of drug-likeness (QED) is 0.591. The molecule has 0 N–H and O–H groups in total. The number of carbonyl (C=O) groups is 1. The summed E-state index contributed by atoms with van der Waals surface area (Å²) in [5, 5.41) is 1.71. The Morgan fingerprint density at radius 1 is 1.18 bits per heavy atom. The second-order valence-electron chi connectivity index (χ2n) is 3.52. The molecular formula is C12H7F3OS. The van der Waals surface area contributed by atoms with Crippen molar-refractivity contribution < 1.29 is 18.0 Å². The lowest BCUT2D eigenvalue weighted by atomic mass is 10.1. The third-order valence-electron chi connectivity index (χ3n) is 2.31. The van der Waals surface area contributed by atoms with Crippen molar-refractivity contribution in [2.75, 3.05) is 0 Å². The molecule has 1 aromatic heterocycles. The molecule has 0 atom stereocenters. The molecule has 1 nitrogen and oxygen atoms in total. The van der Waals surface area contributed by atoms with Crippen LogP contribution in [0.2, 0.25) is 0 Å². The summed E-state index contributed by atoms with van der Waals surface area (Å²) in [6.45, 7) is 1.72. The van der Waals surface area contributed by atoms with Gasteiger partial charge in [-0.25, -0.2) is 13.2 Å². The van der Waals surface area contributed by atoms with E-state index in [2.05, 4.69) is 0 Å². The Bertz CT molecular complexity index is 566. The van der Waals surface area contributed by atoms with Gasteiger partial charge in [0.05, 0.1) is 4.88 Å². The van der Waals surface area contributed by atoms with Crippen molar-refractivity contribution in [2.45, 2.75) is 6.92 Å². The van der Waals surface area contributed by atoms with Crippen molar-refractivity contribution in [2.24, 2.45) is 0 Å². The Morgan fingerprint density at radius 2 is 1.76 bits per heavy atom. The van der Waals surface area contributed by atoms with Crippen LogP contribution in [0, 0.1) is 24.4 Å². The molecule has 0 fully saturated rings. The Balaban J connectivity index is 2.49. The second-order valence-corrected chi connectivity index (χ2v) is 4.43. The van der Waals surface area contributed by atoms with Crippen molar-refractivity contribution in [1.29, 1.82) is 0 Å². The lowest BCUT2D eigenvalue weighted by Crippen LogP contribution is -2.04. The van der Waals surface area contributed by atoms with Crippen LogP contribution in [0.5, 0.6) is 0 Å². The van der Waals surface area contributed by atoms with Crippen LogP contribution < -0.4 is 0 Å². The number of halogens is 3. The summed E-state index contributed by atoms with van der Waals surface area (Å²) in [6.07, 6.45) is 0. The van der Waals surface area contributed by atoms with Gasteiger partial charge in [0, 0.05) is 5.56 Å². The highest BCUT2D eigenvalue weighted by molar-refractivity contribution is 7.12. The fourth-order valence-electron chi connectivity index (χ4n) is 1.42. The molecule has 17 heavy (non-hydrogen) atoms. The van der Waals surface area contributed by atoms with Crippen LogP contribution in [0.4, 0.5) is 13.2 Å². The zero-order valence-electron chi connectivity index (χ0n) is 8.76. The van der Waals surface area contributed by atoms with Gasteiger partial charge in [0.15, 0.2) is 17.5 Å². The van der Waals surface area contributed by atoms with E-state index in [1.165, 1.54) is 11.3 Å². The molecule has 0 saturated heterocycles. The first-order chi connectivity index (χ1) is 8.00. The summed E-state index contributed by atoms with van der Waals surface area (Å²) >= 11 is 1.18. The molecule has 0 spiro atoms. The third kappa shape index (κ3) is 2.10. The van der Waals surface area contributed by atoms with Gasteiger partial charge in [0.1, 0.15) is 0 Å². The van der Waals surface area contributed by atoms with E-state index in [0.29, 0.717) is 17.0 Å². The predicted molar refractivity (Wildman–Crippen MR) is 58.8 cm³/mol. The van der Waals surface area contributed by atoms with Crippen molar-refractivity contribution in [3.8, 4) is 0 Å². The number of carbonyl (C=O) groups excluding carboxylic acids is 1. The summed E-state index contributed by atoms with van der Waals surface area (Å²) in [4.78, 5) is 12.3. The fraction of sp³-hybridized carbons (Fsp3) is 0.0833. The zero-order chi connectivity index (χ0) is 12.6. The van der Waals surface area contributed by atoms with Crippen molar-refractivity contribution in [3.63, 3.8) is 0 Å². The molecule has 0 aliphatic carbocycles. The number of rotatable bonds is 2. The highest BCUT2D eigenvalue weighted by atomic mass is 32.1. The van der Waals surface area contributed by atoms with Crippen molar-refractivity contribution in [3.05, 3.63) is 57.0 Å². The van der Waals surface area contributed by atoms with Crippen molar-refractivity contribution >= 4 is 17.1 Å². The molecule has 2 rings (SSSR count). The molecule has 0 radical (unpaired) electrons. The Kier molecular flexibility index (Phi) is 3.02.